The molecule has 0 aromatic heterocycles. The summed E-state index contributed by atoms with van der Waals surface area (Å²) in [6, 6.07) is 7.99. The Morgan fingerprint density at radius 3 is 2.46 bits per heavy atom. The predicted octanol–water partition coefficient (Wildman–Crippen LogP) is 3.41. The van der Waals surface area contributed by atoms with Gasteiger partial charge in [0.15, 0.2) is 10.8 Å². The van der Waals surface area contributed by atoms with Gasteiger partial charge in [0, 0.05) is 24.9 Å². The van der Waals surface area contributed by atoms with E-state index < -0.39 is 35.7 Å². The Labute approximate surface area is 271 Å². The first-order valence-electron chi connectivity index (χ1n) is 16.5. The second-order valence-electron chi connectivity index (χ2n) is 14.2. The highest BCUT2D eigenvalue weighted by molar-refractivity contribution is 6.48. The van der Waals surface area contributed by atoms with Gasteiger partial charge in [-0.15, -0.1) is 0 Å². The van der Waals surface area contributed by atoms with Crippen LogP contribution in [-0.2, 0) is 18.9 Å². The summed E-state index contributed by atoms with van der Waals surface area (Å²) in [5.74, 6) is -0.494. The third kappa shape index (κ3) is 8.44. The molecule has 5 rings (SSSR count). The summed E-state index contributed by atoms with van der Waals surface area (Å²) < 4.78 is 13.2. The number of hydrazine groups is 1. The summed E-state index contributed by atoms with van der Waals surface area (Å²) in [5.41, 5.74) is 2.07. The van der Waals surface area contributed by atoms with E-state index in [2.05, 4.69) is 50.6 Å². The van der Waals surface area contributed by atoms with Gasteiger partial charge in [-0.25, -0.2) is 10.1 Å². The molecule has 4 aliphatic rings. The lowest BCUT2D eigenvalue weighted by Crippen LogP contribution is -2.65. The van der Waals surface area contributed by atoms with Crippen molar-refractivity contribution in [1.29, 1.82) is 5.41 Å². The summed E-state index contributed by atoms with van der Waals surface area (Å²) in [5, 5.41) is 25.9. The number of guanidine groups is 1. The molecular formula is C32H49BN6O7. The molecule has 5 N–H and O–H groups in total. The summed E-state index contributed by atoms with van der Waals surface area (Å²) >= 11 is 0. The molecule has 0 spiro atoms. The van der Waals surface area contributed by atoms with E-state index in [9.17, 15) is 24.5 Å². The fourth-order valence-corrected chi connectivity index (χ4v) is 7.46. The van der Waals surface area contributed by atoms with E-state index in [-0.39, 0.29) is 60.8 Å². The fourth-order valence-electron chi connectivity index (χ4n) is 7.46. The molecule has 2 bridgehead atoms. The van der Waals surface area contributed by atoms with E-state index in [1.54, 1.807) is 29.7 Å². The maximum atomic E-state index is 13.8. The van der Waals surface area contributed by atoms with E-state index in [0.717, 1.165) is 12.8 Å². The van der Waals surface area contributed by atoms with Gasteiger partial charge in [0.1, 0.15) is 6.04 Å². The number of hydrogen-bond acceptors (Lipinski definition) is 8. The van der Waals surface area contributed by atoms with Crippen LogP contribution in [0.15, 0.2) is 30.3 Å². The fraction of sp³-hybridized carbons (Fsp3) is 0.688. The number of Topliss-reactive ketones (excluding diaryl/α,β-unsaturated/α-hetero) is 1. The van der Waals surface area contributed by atoms with Crippen LogP contribution in [0.3, 0.4) is 0 Å². The van der Waals surface area contributed by atoms with Crippen molar-refractivity contribution in [2.45, 2.75) is 110 Å². The number of ketones is 1. The second-order valence-corrected chi connectivity index (χ2v) is 14.2. The zero-order chi connectivity index (χ0) is 33.6. The normalized spacial score (nSPS) is 25.4. The molecule has 6 atom stereocenters. The molecule has 1 saturated heterocycles. The smallest absolute Gasteiger partial charge is 0.404 e. The van der Waals surface area contributed by atoms with Gasteiger partial charge in [0.2, 0.25) is 11.8 Å². The lowest BCUT2D eigenvalue weighted by atomic mass is 9.43. The van der Waals surface area contributed by atoms with Crippen LogP contribution in [0.5, 0.6) is 0 Å². The molecule has 46 heavy (non-hydrogen) atoms. The van der Waals surface area contributed by atoms with Crippen LogP contribution in [0, 0.1) is 38.7 Å². The van der Waals surface area contributed by atoms with Crippen molar-refractivity contribution in [3.8, 4) is 0 Å². The molecule has 0 radical (unpaired) electrons. The van der Waals surface area contributed by atoms with Crippen LogP contribution in [0.4, 0.5) is 0 Å². The molecule has 1 aromatic carbocycles. The van der Waals surface area contributed by atoms with Gasteiger partial charge in [-0.1, -0.05) is 63.5 Å². The Bertz CT molecular complexity index is 1280. The molecule has 3 aliphatic carbocycles. The van der Waals surface area contributed by atoms with Gasteiger partial charge in [0.05, 0.1) is 17.6 Å². The van der Waals surface area contributed by atoms with Crippen LogP contribution in [0.1, 0.15) is 96.3 Å². The van der Waals surface area contributed by atoms with Gasteiger partial charge in [-0.2, -0.15) is 0 Å². The van der Waals surface area contributed by atoms with Gasteiger partial charge in [-0.3, -0.25) is 19.8 Å². The summed E-state index contributed by atoms with van der Waals surface area (Å²) in [7, 11) is -0.618. The molecule has 3 saturated carbocycles. The Hall–Kier alpha value is -3.52. The number of nitrogens with zero attached hydrogens (tertiary/aromatic N) is 1. The van der Waals surface area contributed by atoms with E-state index in [4.69, 9.17) is 14.7 Å². The van der Waals surface area contributed by atoms with Crippen molar-refractivity contribution < 1.29 is 28.7 Å². The SMILES string of the molecule is CC(C)C[C@H](NC(=O)[C@H](CCCNC(=N)N[N+](=O)[O-])NC(=O)CCCC(=O)c1ccccc1)B1O[C@@H]2C[C@@H]3C[C@@H](C3(C)C)[C@]2(C)O1. The molecule has 1 aromatic rings. The molecule has 2 amide bonds. The van der Waals surface area contributed by atoms with Gasteiger partial charge >= 0.3 is 7.12 Å². The van der Waals surface area contributed by atoms with Gasteiger partial charge in [-0.05, 0) is 68.6 Å². The minimum absolute atomic E-state index is 0.0379. The Kier molecular flexibility index (Phi) is 11.5. The highest BCUT2D eigenvalue weighted by Gasteiger charge is 2.68. The average molecular weight is 641 g/mol. The van der Waals surface area contributed by atoms with E-state index in [1.165, 1.54) is 0 Å². The monoisotopic (exact) mass is 640 g/mol. The van der Waals surface area contributed by atoms with Crippen LogP contribution in [0.2, 0.25) is 0 Å². The number of amides is 2. The number of carbonyl (C=O) groups is 3. The standard InChI is InChI=1S/C32H49BN6O7/c1-20(2)17-27(33-45-26-19-22-18-25(31(22,3)4)32(26,5)46-33)37-29(42)23(13-10-16-35-30(34)38-39(43)44)36-28(41)15-9-14-24(40)21-11-7-6-8-12-21/h6-8,11-12,20,22-23,25-27H,9-10,13-19H2,1-5H3,(H,36,41)(H,37,42)(H3,34,35,38)/t22-,23-,25-,26+,27-,32-/m0/s1. The van der Waals surface area contributed by atoms with E-state index in [1.807, 2.05) is 6.07 Å². The van der Waals surface area contributed by atoms with Crippen molar-refractivity contribution in [3.63, 3.8) is 0 Å². The van der Waals surface area contributed by atoms with Crippen molar-refractivity contribution in [2.75, 3.05) is 6.54 Å². The van der Waals surface area contributed by atoms with Crippen LogP contribution >= 0.6 is 0 Å². The number of nitrogens with one attached hydrogen (secondary N) is 5. The van der Waals surface area contributed by atoms with Crippen LogP contribution in [0.25, 0.3) is 0 Å². The lowest BCUT2D eigenvalue weighted by Gasteiger charge is -2.64. The van der Waals surface area contributed by atoms with Gasteiger partial charge < -0.3 is 25.3 Å². The topological polar surface area (TPSA) is 185 Å². The molecule has 0 unspecified atom stereocenters. The maximum absolute atomic E-state index is 13.8. The summed E-state index contributed by atoms with van der Waals surface area (Å²) in [4.78, 5) is 49.8. The quantitative estimate of drug-likeness (QED) is 0.0344. The van der Waals surface area contributed by atoms with Crippen molar-refractivity contribution in [2.24, 2.45) is 23.2 Å². The minimum atomic E-state index is -0.905. The second kappa shape index (κ2) is 14.9. The highest BCUT2D eigenvalue weighted by Crippen LogP contribution is 2.65. The summed E-state index contributed by atoms with van der Waals surface area (Å²) in [6.07, 6.45) is 3.79. The molecule has 1 heterocycles. The van der Waals surface area contributed by atoms with E-state index in [0.29, 0.717) is 36.7 Å². The molecular weight excluding hydrogens is 591 g/mol. The average Bonchev–Trinajstić information content (AvgIpc) is 3.35. The molecule has 14 heteroatoms. The van der Waals surface area contributed by atoms with Crippen LogP contribution in [-0.4, -0.2) is 65.9 Å². The van der Waals surface area contributed by atoms with E-state index >= 15 is 0 Å². The number of rotatable bonds is 16. The highest BCUT2D eigenvalue weighted by atomic mass is 16.7. The Balaban J connectivity index is 1.38. The zero-order valence-electron chi connectivity index (χ0n) is 27.6. The largest absolute Gasteiger partial charge is 0.481 e. The van der Waals surface area contributed by atoms with Crippen molar-refractivity contribution in [1.82, 2.24) is 21.4 Å². The number of hydrogen-bond donors (Lipinski definition) is 5. The number of benzene rings is 1. The summed E-state index contributed by atoms with van der Waals surface area (Å²) in [6.45, 7) is 11.0. The Morgan fingerprint density at radius 1 is 1.09 bits per heavy atom. The van der Waals surface area contributed by atoms with Crippen molar-refractivity contribution in [3.05, 3.63) is 46.0 Å². The number of carbonyl (C=O) groups excluding carboxylic acids is 3. The first kappa shape index (κ1) is 35.3. The Morgan fingerprint density at radius 2 is 1.80 bits per heavy atom. The molecule has 4 fully saturated rings. The predicted molar refractivity (Wildman–Crippen MR) is 173 cm³/mol. The third-order valence-electron chi connectivity index (χ3n) is 10.1. The maximum Gasteiger partial charge on any atom is 0.481 e. The molecule has 1 aliphatic heterocycles. The third-order valence-corrected chi connectivity index (χ3v) is 10.1. The molecule has 13 nitrogen and oxygen atoms in total. The molecule has 252 valence electrons. The van der Waals surface area contributed by atoms with Crippen LogP contribution < -0.4 is 21.4 Å². The van der Waals surface area contributed by atoms with Gasteiger partial charge in [0.25, 0.3) is 5.96 Å². The van der Waals surface area contributed by atoms with Crippen molar-refractivity contribution >= 4 is 30.7 Å². The lowest BCUT2D eigenvalue weighted by molar-refractivity contribution is -0.525. The number of nitro groups is 1. The first-order chi connectivity index (χ1) is 21.7. The first-order valence-corrected chi connectivity index (χ1v) is 16.5. The minimum Gasteiger partial charge on any atom is -0.404 e. The zero-order valence-corrected chi connectivity index (χ0v) is 27.6.